The number of hydrogen-bond acceptors (Lipinski definition) is 2. The van der Waals surface area contributed by atoms with Gasteiger partial charge in [0, 0.05) is 6.16 Å². The van der Waals surface area contributed by atoms with Crippen LogP contribution in [0.15, 0.2) is 0 Å². The predicted molar refractivity (Wildman–Crippen MR) is 39.8 cm³/mol. The number of carbonyl (C=O) groups is 1. The average Bonchev–Trinajstić information content (AvgIpc) is 1.87. The molecule has 10 heavy (non-hydrogen) atoms. The molecule has 5 heteroatoms. The normalized spacial score (nSPS) is 16.2. The van der Waals surface area contributed by atoms with Crippen LogP contribution in [0.4, 0.5) is 0 Å². The van der Waals surface area contributed by atoms with Gasteiger partial charge in [-0.1, -0.05) is 6.92 Å². The lowest BCUT2D eigenvalue weighted by molar-refractivity contribution is -0.138. The molecule has 60 valence electrons. The second-order valence-corrected chi connectivity index (χ2v) is 3.82. The van der Waals surface area contributed by atoms with Gasteiger partial charge in [-0.15, -0.1) is 0 Å². The van der Waals surface area contributed by atoms with Gasteiger partial charge in [-0.2, -0.15) is 0 Å². The molecule has 0 rings (SSSR count). The Balaban J connectivity index is 3.68. The van der Waals surface area contributed by atoms with Crippen LogP contribution in [0.2, 0.25) is 0 Å². The van der Waals surface area contributed by atoms with Crippen molar-refractivity contribution < 1.29 is 14.5 Å². The van der Waals surface area contributed by atoms with Crippen molar-refractivity contribution in [2.24, 2.45) is 0 Å². The zero-order valence-electron chi connectivity index (χ0n) is 6.05. The van der Waals surface area contributed by atoms with Crippen LogP contribution in [0.3, 0.4) is 0 Å². The molecule has 1 unspecified atom stereocenters. The molecule has 0 aromatic carbocycles. The molecule has 0 aliphatic heterocycles. The molecule has 0 aliphatic carbocycles. The Kier molecular flexibility index (Phi) is 4.32. The van der Waals surface area contributed by atoms with Gasteiger partial charge in [-0.05, 0) is 6.92 Å². The van der Waals surface area contributed by atoms with Gasteiger partial charge in [0.1, 0.15) is 14.0 Å². The molecular formula is C5H12NO3P. The van der Waals surface area contributed by atoms with E-state index in [1.54, 1.807) is 6.92 Å². The topological polar surface area (TPSA) is 66.4 Å². The van der Waals surface area contributed by atoms with Crippen molar-refractivity contribution in [3.05, 3.63) is 0 Å². The Morgan fingerprint density at radius 2 is 2.30 bits per heavy atom. The lowest BCUT2D eigenvalue weighted by Gasteiger charge is -2.06. The summed E-state index contributed by atoms with van der Waals surface area (Å²) in [6, 6.07) is -0.702. The highest BCUT2D eigenvalue weighted by Crippen LogP contribution is 2.13. The summed E-state index contributed by atoms with van der Waals surface area (Å²) in [4.78, 5) is 10.2. The van der Waals surface area contributed by atoms with Gasteiger partial charge in [0.05, 0.1) is 0 Å². The summed E-state index contributed by atoms with van der Waals surface area (Å²) in [6.45, 7) is 3.23. The van der Waals surface area contributed by atoms with Gasteiger partial charge in [0.2, 0.25) is 0 Å². The van der Waals surface area contributed by atoms with Crippen molar-refractivity contribution >= 4 is 13.9 Å². The van der Waals surface area contributed by atoms with E-state index in [4.69, 9.17) is 5.11 Å². The van der Waals surface area contributed by atoms with Crippen LogP contribution in [0.25, 0.3) is 0 Å². The summed E-state index contributed by atoms with van der Waals surface area (Å²) in [6.07, 6.45) is 0.502. The second-order valence-electron chi connectivity index (χ2n) is 1.98. The number of carboxylic acids is 1. The Labute approximate surface area is 60.5 Å². The zero-order valence-corrected chi connectivity index (χ0v) is 7.05. The third-order valence-corrected chi connectivity index (χ3v) is 2.47. The molecule has 0 fully saturated rings. The lowest BCUT2D eigenvalue weighted by atomic mass is 10.4. The first kappa shape index (κ1) is 9.66. The van der Waals surface area contributed by atoms with Gasteiger partial charge in [0.15, 0.2) is 0 Å². The van der Waals surface area contributed by atoms with E-state index >= 15 is 0 Å². The molecule has 0 aromatic heterocycles. The Bertz CT molecular complexity index is 148. The van der Waals surface area contributed by atoms with Crippen LogP contribution in [-0.2, 0) is 9.36 Å². The van der Waals surface area contributed by atoms with E-state index in [0.29, 0.717) is 6.16 Å². The molecule has 0 spiro atoms. The van der Waals surface area contributed by atoms with E-state index in [0.717, 1.165) is 0 Å². The fraction of sp³-hybridized carbons (Fsp3) is 0.800. The maximum atomic E-state index is 10.7. The molecule has 0 amide bonds. The first-order valence-electron chi connectivity index (χ1n) is 3.10. The van der Waals surface area contributed by atoms with Gasteiger partial charge >= 0.3 is 5.97 Å². The minimum absolute atomic E-state index is 0.502. The first-order valence-corrected chi connectivity index (χ1v) is 4.71. The van der Waals surface area contributed by atoms with Gasteiger partial charge in [0.25, 0.3) is 0 Å². The molecule has 0 saturated carbocycles. The fourth-order valence-electron chi connectivity index (χ4n) is 0.405. The van der Waals surface area contributed by atoms with Crippen molar-refractivity contribution in [2.45, 2.75) is 19.9 Å². The molecule has 4 nitrogen and oxygen atoms in total. The van der Waals surface area contributed by atoms with E-state index in [9.17, 15) is 9.36 Å². The van der Waals surface area contributed by atoms with E-state index < -0.39 is 20.0 Å². The number of nitrogens with one attached hydrogen (secondary N) is 1. The van der Waals surface area contributed by atoms with Crippen molar-refractivity contribution in [1.29, 1.82) is 0 Å². The fourth-order valence-corrected chi connectivity index (χ4v) is 1.22. The van der Waals surface area contributed by atoms with Crippen LogP contribution >= 0.6 is 7.95 Å². The largest absolute Gasteiger partial charge is 0.480 e. The monoisotopic (exact) mass is 165 g/mol. The third-order valence-electron chi connectivity index (χ3n) is 1.07. The molecule has 0 saturated heterocycles. The highest BCUT2D eigenvalue weighted by atomic mass is 31.1. The number of carboxylic acid groups (broad SMARTS) is 1. The van der Waals surface area contributed by atoms with Crippen molar-refractivity contribution in [2.75, 3.05) is 6.16 Å². The van der Waals surface area contributed by atoms with Crippen molar-refractivity contribution in [3.8, 4) is 0 Å². The second kappa shape index (κ2) is 4.47. The number of aliphatic carboxylic acids is 1. The molecule has 2 atom stereocenters. The molecule has 0 radical (unpaired) electrons. The highest BCUT2D eigenvalue weighted by Gasteiger charge is 2.10. The zero-order chi connectivity index (χ0) is 8.15. The van der Waals surface area contributed by atoms with E-state index in [1.807, 2.05) is 0 Å². The van der Waals surface area contributed by atoms with Crippen LogP contribution in [-0.4, -0.2) is 23.3 Å². The standard InChI is InChI=1S/C5H12NO3P/c1-3-10(9)6-4(2)5(7)8/h4,10H,3H2,1-2H3,(H,6,9)(H,7,8)/t4-/m0/s1. The average molecular weight is 165 g/mol. The van der Waals surface area contributed by atoms with Crippen molar-refractivity contribution in [1.82, 2.24) is 5.09 Å². The van der Waals surface area contributed by atoms with Crippen LogP contribution in [0, 0.1) is 0 Å². The quantitative estimate of drug-likeness (QED) is 0.597. The van der Waals surface area contributed by atoms with Gasteiger partial charge < -0.3 is 9.67 Å². The van der Waals surface area contributed by atoms with Crippen LogP contribution in [0.1, 0.15) is 13.8 Å². The molecule has 0 aromatic rings. The molecular weight excluding hydrogens is 153 g/mol. The Morgan fingerprint density at radius 3 is 2.60 bits per heavy atom. The Morgan fingerprint density at radius 1 is 1.80 bits per heavy atom. The SMILES string of the molecule is CC[PH](=O)N[C@@H](C)C(=O)O. The summed E-state index contributed by atoms with van der Waals surface area (Å²) < 4.78 is 10.7. The van der Waals surface area contributed by atoms with Gasteiger partial charge in [-0.3, -0.25) is 9.88 Å². The summed E-state index contributed by atoms with van der Waals surface area (Å²) in [5, 5.41) is 10.8. The summed E-state index contributed by atoms with van der Waals surface area (Å²) in [5.41, 5.74) is 0. The highest BCUT2D eigenvalue weighted by molar-refractivity contribution is 7.42. The maximum Gasteiger partial charge on any atom is 0.320 e. The van der Waals surface area contributed by atoms with Crippen LogP contribution in [0.5, 0.6) is 0 Å². The van der Waals surface area contributed by atoms with E-state index in [2.05, 4.69) is 5.09 Å². The molecule has 2 N–H and O–H groups in total. The minimum Gasteiger partial charge on any atom is -0.480 e. The Hall–Kier alpha value is -0.340. The van der Waals surface area contributed by atoms with Crippen molar-refractivity contribution in [3.63, 3.8) is 0 Å². The number of hydrogen-bond donors (Lipinski definition) is 2. The van der Waals surface area contributed by atoms with E-state index in [-0.39, 0.29) is 0 Å². The molecule has 0 heterocycles. The summed E-state index contributed by atoms with van der Waals surface area (Å²) in [5.74, 6) is -0.966. The molecule has 0 bridgehead atoms. The molecule has 0 aliphatic rings. The summed E-state index contributed by atoms with van der Waals surface area (Å²) in [7, 11) is -1.85. The summed E-state index contributed by atoms with van der Waals surface area (Å²) >= 11 is 0. The maximum absolute atomic E-state index is 10.7. The number of rotatable bonds is 4. The minimum atomic E-state index is -1.85. The predicted octanol–water partition coefficient (Wildman–Crippen LogP) is 0.544. The lowest BCUT2D eigenvalue weighted by Crippen LogP contribution is -2.28. The first-order chi connectivity index (χ1) is 4.57. The van der Waals surface area contributed by atoms with Crippen LogP contribution < -0.4 is 5.09 Å². The van der Waals surface area contributed by atoms with E-state index in [1.165, 1.54) is 6.92 Å². The van der Waals surface area contributed by atoms with Gasteiger partial charge in [-0.25, -0.2) is 0 Å². The smallest absolute Gasteiger partial charge is 0.320 e. The third kappa shape index (κ3) is 3.64.